The van der Waals surface area contributed by atoms with E-state index in [9.17, 15) is 20.1 Å². The number of aryl methyl sites for hydroxylation is 1. The van der Waals surface area contributed by atoms with E-state index in [4.69, 9.17) is 33.0 Å². The summed E-state index contributed by atoms with van der Waals surface area (Å²) in [5.74, 6) is -1.06. The number of hydrogen-bond acceptors (Lipinski definition) is 6. The number of aromatic hydroxyl groups is 1. The largest absolute Gasteiger partial charge is 0.508 e. The van der Waals surface area contributed by atoms with Gasteiger partial charge in [0.05, 0.1) is 28.3 Å². The minimum Gasteiger partial charge on any atom is -0.508 e. The van der Waals surface area contributed by atoms with E-state index in [1.165, 1.54) is 30.2 Å². The number of aliphatic hydroxyl groups is 2. The maximum absolute atomic E-state index is 10.5. The molecule has 0 aliphatic rings. The Kier molecular flexibility index (Phi) is 17.1. The van der Waals surface area contributed by atoms with Gasteiger partial charge in [0.2, 0.25) is 0 Å². The molecule has 0 saturated heterocycles. The Morgan fingerprint density at radius 1 is 0.854 bits per heavy atom. The molecule has 3 aromatic rings. The molecule has 1 unspecified atom stereocenters. The second kappa shape index (κ2) is 20.3. The van der Waals surface area contributed by atoms with Crippen LogP contribution in [0.25, 0.3) is 0 Å². The summed E-state index contributed by atoms with van der Waals surface area (Å²) in [7, 11) is 0. The van der Waals surface area contributed by atoms with E-state index < -0.39 is 12.1 Å². The van der Waals surface area contributed by atoms with Crippen molar-refractivity contribution in [3.05, 3.63) is 99.0 Å². The normalized spacial score (nSPS) is 11.5. The molecule has 0 spiro atoms. The highest BCUT2D eigenvalue weighted by molar-refractivity contribution is 6.39. The van der Waals surface area contributed by atoms with Crippen LogP contribution in [-0.2, 0) is 17.8 Å². The number of halogens is 2. The van der Waals surface area contributed by atoms with E-state index in [1.807, 2.05) is 0 Å². The molecule has 0 saturated carbocycles. The fourth-order valence-corrected chi connectivity index (χ4v) is 4.64. The molecule has 5 N–H and O–H groups in total. The van der Waals surface area contributed by atoms with Crippen molar-refractivity contribution in [2.24, 2.45) is 0 Å². The highest BCUT2D eigenvalue weighted by atomic mass is 35.5. The molecule has 0 amide bonds. The third-order valence-corrected chi connectivity index (χ3v) is 7.04. The lowest BCUT2D eigenvalue weighted by Gasteiger charge is -2.14. The Labute approximate surface area is 252 Å². The minimum atomic E-state index is -1.11. The summed E-state index contributed by atoms with van der Waals surface area (Å²) in [4.78, 5) is 10.5. The molecule has 41 heavy (non-hydrogen) atoms. The molecule has 0 heterocycles. The smallest absolute Gasteiger partial charge is 0.338 e. The van der Waals surface area contributed by atoms with Gasteiger partial charge < -0.3 is 30.5 Å². The number of rotatable bonds is 17. The van der Waals surface area contributed by atoms with E-state index in [0.29, 0.717) is 17.7 Å². The van der Waals surface area contributed by atoms with Crippen molar-refractivity contribution < 1.29 is 30.0 Å². The lowest BCUT2D eigenvalue weighted by Crippen LogP contribution is -2.22. The highest BCUT2D eigenvalue weighted by Crippen LogP contribution is 2.24. The molecule has 3 aromatic carbocycles. The van der Waals surface area contributed by atoms with Crippen molar-refractivity contribution in [1.29, 1.82) is 0 Å². The van der Waals surface area contributed by atoms with E-state index in [0.717, 1.165) is 58.3 Å². The van der Waals surface area contributed by atoms with Crippen LogP contribution in [0.5, 0.6) is 5.75 Å². The van der Waals surface area contributed by atoms with Crippen LogP contribution in [0.15, 0.2) is 66.7 Å². The van der Waals surface area contributed by atoms with Gasteiger partial charge in [-0.15, -0.1) is 0 Å². The van der Waals surface area contributed by atoms with Crippen LogP contribution in [0, 0.1) is 0 Å². The van der Waals surface area contributed by atoms with E-state index in [2.05, 4.69) is 35.6 Å². The first-order valence-electron chi connectivity index (χ1n) is 13.9. The summed E-state index contributed by atoms with van der Waals surface area (Å²) in [6.45, 7) is 2.77. The Morgan fingerprint density at radius 2 is 1.51 bits per heavy atom. The Balaban J connectivity index is 0.000000446. The third kappa shape index (κ3) is 13.7. The number of aliphatic hydroxyl groups excluding tert-OH is 2. The van der Waals surface area contributed by atoms with Gasteiger partial charge in [-0.25, -0.2) is 4.79 Å². The molecular formula is C32H41Cl2NO6. The molecular weight excluding hydrogens is 565 g/mol. The molecule has 0 bridgehead atoms. The maximum atomic E-state index is 10.5. The highest BCUT2D eigenvalue weighted by Gasteiger charge is 2.12. The number of phenols is 1. The molecule has 0 radical (unpaired) electrons. The summed E-state index contributed by atoms with van der Waals surface area (Å²) in [6.07, 6.45) is 7.24. The van der Waals surface area contributed by atoms with Crippen molar-refractivity contribution >= 4 is 29.2 Å². The van der Waals surface area contributed by atoms with Crippen molar-refractivity contribution in [3.63, 3.8) is 0 Å². The van der Waals surface area contributed by atoms with Gasteiger partial charge in [-0.3, -0.25) is 0 Å². The lowest BCUT2D eigenvalue weighted by molar-refractivity contribution is 0.0697. The van der Waals surface area contributed by atoms with Crippen molar-refractivity contribution in [2.75, 3.05) is 26.3 Å². The molecule has 9 heteroatoms. The molecule has 0 aromatic heterocycles. The number of aromatic carboxylic acids is 1. The van der Waals surface area contributed by atoms with Crippen LogP contribution in [0.1, 0.15) is 71.7 Å². The van der Waals surface area contributed by atoms with E-state index in [1.54, 1.807) is 18.2 Å². The fourth-order valence-electron chi connectivity index (χ4n) is 4.09. The van der Waals surface area contributed by atoms with Gasteiger partial charge in [0.25, 0.3) is 0 Å². The molecule has 0 fully saturated rings. The number of nitrogens with one attached hydrogen (secondary N) is 1. The number of ether oxygens (including phenoxy) is 1. The Morgan fingerprint density at radius 3 is 2.15 bits per heavy atom. The van der Waals surface area contributed by atoms with Crippen molar-refractivity contribution in [3.8, 4) is 5.75 Å². The van der Waals surface area contributed by atoms with E-state index in [-0.39, 0.29) is 28.0 Å². The molecule has 224 valence electrons. The minimum absolute atomic E-state index is 0.0455. The number of hydrogen-bond donors (Lipinski definition) is 5. The summed E-state index contributed by atoms with van der Waals surface area (Å²) >= 11 is 11.1. The van der Waals surface area contributed by atoms with Gasteiger partial charge in [0, 0.05) is 25.3 Å². The van der Waals surface area contributed by atoms with Gasteiger partial charge in [-0.1, -0.05) is 78.5 Å². The zero-order chi connectivity index (χ0) is 29.9. The van der Waals surface area contributed by atoms with Crippen LogP contribution < -0.4 is 5.32 Å². The summed E-state index contributed by atoms with van der Waals surface area (Å²) < 4.78 is 5.72. The average Bonchev–Trinajstić information content (AvgIpc) is 2.96. The average molecular weight is 607 g/mol. The number of unbranched alkanes of at least 4 members (excludes halogenated alkanes) is 4. The van der Waals surface area contributed by atoms with Crippen LogP contribution in [0.4, 0.5) is 0 Å². The Hall–Kier alpha value is -2.65. The number of benzene rings is 3. The van der Waals surface area contributed by atoms with E-state index >= 15 is 0 Å². The first-order valence-corrected chi connectivity index (χ1v) is 14.7. The van der Waals surface area contributed by atoms with Gasteiger partial charge in [0.1, 0.15) is 5.75 Å². The molecule has 1 atom stereocenters. The fraction of sp³-hybridized carbons (Fsp3) is 0.406. The van der Waals surface area contributed by atoms with Crippen molar-refractivity contribution in [1.82, 2.24) is 5.32 Å². The molecule has 3 rings (SSSR count). The SMILES string of the molecule is O=C(O)c1c(Cl)cccc1Cl.OCc1cc(C(O)CNCCCCCCOCCCCc2ccccc2)ccc1O. The Bertz CT molecular complexity index is 1140. The first-order chi connectivity index (χ1) is 19.8. The third-order valence-electron chi connectivity index (χ3n) is 6.41. The predicted octanol–water partition coefficient (Wildman–Crippen LogP) is 6.80. The maximum Gasteiger partial charge on any atom is 0.338 e. The van der Waals surface area contributed by atoms with Crippen molar-refractivity contribution in [2.45, 2.75) is 57.7 Å². The quantitative estimate of drug-likeness (QED) is 0.107. The topological polar surface area (TPSA) is 119 Å². The summed E-state index contributed by atoms with van der Waals surface area (Å²) in [6, 6.07) is 20.0. The lowest BCUT2D eigenvalue weighted by atomic mass is 10.1. The summed E-state index contributed by atoms with van der Waals surface area (Å²) in [5, 5.41) is 41.1. The van der Waals surface area contributed by atoms with Crippen LogP contribution in [0.3, 0.4) is 0 Å². The van der Waals surface area contributed by atoms with Crippen LogP contribution in [0.2, 0.25) is 10.0 Å². The predicted molar refractivity (Wildman–Crippen MR) is 164 cm³/mol. The monoisotopic (exact) mass is 605 g/mol. The molecule has 0 aliphatic heterocycles. The number of carboxylic acid groups (broad SMARTS) is 1. The van der Waals surface area contributed by atoms with Gasteiger partial charge in [-0.2, -0.15) is 0 Å². The van der Waals surface area contributed by atoms with Gasteiger partial charge >= 0.3 is 5.97 Å². The van der Waals surface area contributed by atoms with Gasteiger partial charge in [-0.05, 0) is 74.0 Å². The second-order valence-electron chi connectivity index (χ2n) is 9.64. The first kappa shape index (κ1) is 34.6. The standard InChI is InChI=1S/C25H37NO4.C7H4Cl2O2/c27-20-23-18-22(13-14-24(23)28)25(29)19-26-15-7-1-2-8-16-30-17-9-6-12-21-10-4-3-5-11-21;8-4-2-1-3-5(9)6(4)7(10)11/h3-5,10-11,13-14,18,25-29H,1-2,6-9,12,15-17,19-20H2;1-3H,(H,10,11). The molecule has 0 aliphatic carbocycles. The molecule has 7 nitrogen and oxygen atoms in total. The van der Waals surface area contributed by atoms with Gasteiger partial charge in [0.15, 0.2) is 0 Å². The number of carboxylic acids is 1. The zero-order valence-electron chi connectivity index (χ0n) is 23.3. The zero-order valence-corrected chi connectivity index (χ0v) is 24.8. The summed E-state index contributed by atoms with van der Waals surface area (Å²) in [5.41, 5.74) is 2.49. The second-order valence-corrected chi connectivity index (χ2v) is 10.5. The number of carbonyl (C=O) groups is 1. The van der Waals surface area contributed by atoms with Crippen LogP contribution in [-0.4, -0.2) is 52.7 Å². The van der Waals surface area contributed by atoms with Crippen LogP contribution >= 0.6 is 23.2 Å².